The van der Waals surface area contributed by atoms with Gasteiger partial charge in [-0.05, 0) is 50.1 Å². The summed E-state index contributed by atoms with van der Waals surface area (Å²) in [5.41, 5.74) is 3.12. The van der Waals surface area contributed by atoms with Crippen LogP contribution >= 0.6 is 11.8 Å². The normalized spacial score (nSPS) is 11.3. The first-order valence-corrected chi connectivity index (χ1v) is 11.5. The number of carbonyl (C=O) groups excluding carboxylic acids is 2. The second kappa shape index (κ2) is 11.3. The Balaban J connectivity index is 1.99. The predicted molar refractivity (Wildman–Crippen MR) is 131 cm³/mol. The zero-order valence-corrected chi connectivity index (χ0v) is 20.2. The van der Waals surface area contributed by atoms with Gasteiger partial charge in [0, 0.05) is 0 Å². The van der Waals surface area contributed by atoms with Gasteiger partial charge in [-0.3, -0.25) is 4.79 Å². The Bertz CT molecular complexity index is 1240. The monoisotopic (exact) mass is 475 g/mol. The fraction of sp³-hybridized carbons (Fsp3) is 0.231. The standard InChI is InChI=1S/C26H25N3O4S/c1-5-33-26(31)20-14-19(15-27)25(28-17(20)3)34-23(18-9-7-6-8-10-18)24(30)29-21-13-16(2)11-12-22(21)32-4/h6-14,23H,5H2,1-4H3,(H,29,30). The fourth-order valence-corrected chi connectivity index (χ4v) is 4.40. The molecule has 1 unspecified atom stereocenters. The molecule has 7 nitrogen and oxygen atoms in total. The van der Waals surface area contributed by atoms with E-state index in [1.807, 2.05) is 49.4 Å². The highest BCUT2D eigenvalue weighted by molar-refractivity contribution is 8.00. The molecule has 1 N–H and O–H groups in total. The molecule has 8 heteroatoms. The first-order chi connectivity index (χ1) is 16.4. The number of hydrogen-bond donors (Lipinski definition) is 1. The molecule has 0 bridgehead atoms. The summed E-state index contributed by atoms with van der Waals surface area (Å²) < 4.78 is 10.5. The number of ether oxygens (including phenoxy) is 2. The molecule has 1 aromatic heterocycles. The van der Waals surface area contributed by atoms with Crippen molar-refractivity contribution in [2.45, 2.75) is 31.0 Å². The number of carbonyl (C=O) groups is 2. The van der Waals surface area contributed by atoms with Crippen LogP contribution in [0.2, 0.25) is 0 Å². The number of anilines is 1. The van der Waals surface area contributed by atoms with Gasteiger partial charge in [0.05, 0.1) is 36.2 Å². The lowest BCUT2D eigenvalue weighted by Crippen LogP contribution is -2.20. The van der Waals surface area contributed by atoms with Crippen LogP contribution in [-0.2, 0) is 9.53 Å². The molecule has 0 fully saturated rings. The van der Waals surface area contributed by atoms with Gasteiger partial charge in [0.2, 0.25) is 5.91 Å². The molecule has 174 valence electrons. The number of aryl methyl sites for hydroxylation is 2. The van der Waals surface area contributed by atoms with Crippen LogP contribution < -0.4 is 10.1 Å². The Morgan fingerprint density at radius 2 is 1.88 bits per heavy atom. The second-order valence-corrected chi connectivity index (χ2v) is 8.50. The highest BCUT2D eigenvalue weighted by Gasteiger charge is 2.26. The van der Waals surface area contributed by atoms with Gasteiger partial charge in [-0.25, -0.2) is 9.78 Å². The topological polar surface area (TPSA) is 101 Å². The van der Waals surface area contributed by atoms with Crippen LogP contribution in [0, 0.1) is 25.2 Å². The third-order valence-electron chi connectivity index (χ3n) is 4.98. The number of nitrogens with zero attached hydrogens (tertiary/aromatic N) is 2. The maximum Gasteiger partial charge on any atom is 0.340 e. The number of amides is 1. The van der Waals surface area contributed by atoms with Gasteiger partial charge < -0.3 is 14.8 Å². The number of nitrogens with one attached hydrogen (secondary N) is 1. The van der Waals surface area contributed by atoms with E-state index in [1.54, 1.807) is 27.0 Å². The molecule has 34 heavy (non-hydrogen) atoms. The minimum atomic E-state index is -0.709. The summed E-state index contributed by atoms with van der Waals surface area (Å²) in [7, 11) is 1.54. The lowest BCUT2D eigenvalue weighted by atomic mass is 10.1. The first kappa shape index (κ1) is 24.8. The molecule has 0 aliphatic heterocycles. The zero-order valence-electron chi connectivity index (χ0n) is 19.4. The number of methoxy groups -OCH3 is 1. The first-order valence-electron chi connectivity index (χ1n) is 10.6. The average molecular weight is 476 g/mol. The predicted octanol–water partition coefficient (Wildman–Crippen LogP) is 5.23. The van der Waals surface area contributed by atoms with Crippen molar-refractivity contribution in [2.24, 2.45) is 0 Å². The molecule has 0 saturated heterocycles. The van der Waals surface area contributed by atoms with Crippen molar-refractivity contribution in [3.05, 3.63) is 82.5 Å². The molecule has 0 radical (unpaired) electrons. The molecular weight excluding hydrogens is 450 g/mol. The van der Waals surface area contributed by atoms with Crippen LogP contribution in [0.25, 0.3) is 0 Å². The van der Waals surface area contributed by atoms with Gasteiger partial charge in [-0.1, -0.05) is 48.2 Å². The van der Waals surface area contributed by atoms with E-state index < -0.39 is 11.2 Å². The molecule has 1 heterocycles. The van der Waals surface area contributed by atoms with Gasteiger partial charge in [-0.15, -0.1) is 0 Å². The summed E-state index contributed by atoms with van der Waals surface area (Å²) in [6.45, 7) is 5.53. The van der Waals surface area contributed by atoms with E-state index in [0.717, 1.165) is 22.9 Å². The Kier molecular flexibility index (Phi) is 8.28. The smallest absolute Gasteiger partial charge is 0.340 e. The van der Waals surface area contributed by atoms with E-state index in [9.17, 15) is 14.9 Å². The SMILES string of the molecule is CCOC(=O)c1cc(C#N)c(SC(C(=O)Nc2cc(C)ccc2OC)c2ccccc2)nc1C. The average Bonchev–Trinajstić information content (AvgIpc) is 2.83. The van der Waals surface area contributed by atoms with Crippen molar-refractivity contribution < 1.29 is 19.1 Å². The van der Waals surface area contributed by atoms with Crippen LogP contribution in [0.3, 0.4) is 0 Å². The van der Waals surface area contributed by atoms with Crippen molar-refractivity contribution in [3.8, 4) is 11.8 Å². The molecular formula is C26H25N3O4S. The van der Waals surface area contributed by atoms with Crippen LogP contribution in [0.5, 0.6) is 5.75 Å². The molecule has 0 aliphatic carbocycles. The summed E-state index contributed by atoms with van der Waals surface area (Å²) >= 11 is 1.15. The lowest BCUT2D eigenvalue weighted by Gasteiger charge is -2.19. The Hall–Kier alpha value is -3.83. The van der Waals surface area contributed by atoms with Crippen LogP contribution in [-0.4, -0.2) is 30.6 Å². The van der Waals surface area contributed by atoms with Gasteiger partial charge in [0.1, 0.15) is 22.1 Å². The Morgan fingerprint density at radius 3 is 2.53 bits per heavy atom. The van der Waals surface area contributed by atoms with Gasteiger partial charge in [0.15, 0.2) is 0 Å². The highest BCUT2D eigenvalue weighted by Crippen LogP contribution is 2.38. The van der Waals surface area contributed by atoms with Crippen molar-refractivity contribution >= 4 is 29.3 Å². The third-order valence-corrected chi connectivity index (χ3v) is 6.23. The lowest BCUT2D eigenvalue weighted by molar-refractivity contribution is -0.115. The molecule has 1 amide bonds. The zero-order chi connectivity index (χ0) is 24.7. The third kappa shape index (κ3) is 5.74. The number of aromatic nitrogens is 1. The molecule has 0 aliphatic rings. The Labute approximate surface area is 203 Å². The van der Waals surface area contributed by atoms with Crippen LogP contribution in [0.4, 0.5) is 5.69 Å². The number of hydrogen-bond acceptors (Lipinski definition) is 7. The number of benzene rings is 2. The second-order valence-electron chi connectivity index (χ2n) is 7.41. The van der Waals surface area contributed by atoms with Gasteiger partial charge >= 0.3 is 5.97 Å². The molecule has 3 rings (SSSR count). The molecule has 1 atom stereocenters. The van der Waals surface area contributed by atoms with E-state index >= 15 is 0 Å². The molecule has 2 aromatic carbocycles. The Morgan fingerprint density at radius 1 is 1.15 bits per heavy atom. The van der Waals surface area contributed by atoms with Crippen molar-refractivity contribution in [2.75, 3.05) is 19.0 Å². The number of rotatable bonds is 8. The molecule has 3 aromatic rings. The van der Waals surface area contributed by atoms with Crippen molar-refractivity contribution in [1.29, 1.82) is 5.26 Å². The molecule has 0 spiro atoms. The largest absolute Gasteiger partial charge is 0.495 e. The van der Waals surface area contributed by atoms with Gasteiger partial charge in [-0.2, -0.15) is 5.26 Å². The van der Waals surface area contributed by atoms with Crippen LogP contribution in [0.15, 0.2) is 59.6 Å². The van der Waals surface area contributed by atoms with E-state index in [2.05, 4.69) is 16.4 Å². The minimum absolute atomic E-state index is 0.195. The summed E-state index contributed by atoms with van der Waals surface area (Å²) in [5, 5.41) is 12.3. The fourth-order valence-electron chi connectivity index (χ4n) is 3.30. The van der Waals surface area contributed by atoms with E-state index in [4.69, 9.17) is 9.47 Å². The number of esters is 1. The molecule has 0 saturated carbocycles. The van der Waals surface area contributed by atoms with Crippen molar-refractivity contribution in [3.63, 3.8) is 0 Å². The maximum absolute atomic E-state index is 13.5. The van der Waals surface area contributed by atoms with Crippen LogP contribution in [0.1, 0.15) is 44.9 Å². The minimum Gasteiger partial charge on any atom is -0.495 e. The number of nitriles is 1. The summed E-state index contributed by atoms with van der Waals surface area (Å²) in [6, 6.07) is 18.3. The van der Waals surface area contributed by atoms with E-state index in [1.165, 1.54) is 6.07 Å². The maximum atomic E-state index is 13.5. The van der Waals surface area contributed by atoms with Gasteiger partial charge in [0.25, 0.3) is 0 Å². The highest BCUT2D eigenvalue weighted by atomic mass is 32.2. The van der Waals surface area contributed by atoms with Crippen molar-refractivity contribution in [1.82, 2.24) is 4.98 Å². The number of thioether (sulfide) groups is 1. The summed E-state index contributed by atoms with van der Waals surface area (Å²) in [5.74, 6) is -0.288. The summed E-state index contributed by atoms with van der Waals surface area (Å²) in [6.07, 6.45) is 0. The quantitative estimate of drug-likeness (QED) is 0.352. The van der Waals surface area contributed by atoms with E-state index in [-0.39, 0.29) is 23.6 Å². The number of pyridine rings is 1. The van der Waals surface area contributed by atoms with E-state index in [0.29, 0.717) is 22.2 Å². The summed E-state index contributed by atoms with van der Waals surface area (Å²) in [4.78, 5) is 30.2.